The fourth-order valence-corrected chi connectivity index (χ4v) is 5.53. The molecule has 6 nitrogen and oxygen atoms in total. The van der Waals surface area contributed by atoms with Gasteiger partial charge in [-0.05, 0) is 60.2 Å². The number of aromatic amines is 1. The van der Waals surface area contributed by atoms with Crippen molar-refractivity contribution in [1.29, 1.82) is 0 Å². The molecule has 1 fully saturated rings. The minimum atomic E-state index is -3.72. The van der Waals surface area contributed by atoms with Gasteiger partial charge < -0.3 is 4.98 Å². The smallest absolute Gasteiger partial charge is 0.243 e. The lowest BCUT2D eigenvalue weighted by Crippen LogP contribution is -2.43. The number of aryl methyl sites for hydroxylation is 1. The molecule has 0 radical (unpaired) electrons. The Kier molecular flexibility index (Phi) is 4.86. The van der Waals surface area contributed by atoms with E-state index in [0.29, 0.717) is 35.0 Å². The zero-order valence-electron chi connectivity index (χ0n) is 16.9. The second kappa shape index (κ2) is 7.49. The molecular weight excluding hydrogens is 441 g/mol. The molecule has 2 heterocycles. The van der Waals surface area contributed by atoms with E-state index >= 15 is 0 Å². The number of nitrogens with zero attached hydrogens (tertiary/aromatic N) is 2. The van der Waals surface area contributed by atoms with Crippen LogP contribution in [-0.2, 0) is 17.1 Å². The third-order valence-electron chi connectivity index (χ3n) is 5.86. The Hall–Kier alpha value is -3.11. The summed E-state index contributed by atoms with van der Waals surface area (Å²) in [4.78, 5) is 3.10. The molecule has 5 rings (SSSR count). The highest BCUT2D eigenvalue weighted by Gasteiger charge is 2.37. The first-order valence-electron chi connectivity index (χ1n) is 9.99. The third kappa shape index (κ3) is 3.59. The van der Waals surface area contributed by atoms with Gasteiger partial charge in [-0.1, -0.05) is 0 Å². The predicted octanol–water partition coefficient (Wildman–Crippen LogP) is 4.21. The molecule has 166 valence electrons. The van der Waals surface area contributed by atoms with Gasteiger partial charge in [0.1, 0.15) is 22.3 Å². The lowest BCUT2D eigenvalue weighted by atomic mass is 9.74. The Labute approximate surface area is 182 Å². The SMILES string of the molecule is Cn1cc(S(=O)(=O)NC2CC(c3c(-c4ccc(F)cc4)[nH]c4c(F)cc(F)cc34)C2)cn1. The van der Waals surface area contributed by atoms with E-state index in [0.717, 1.165) is 6.07 Å². The molecule has 0 unspecified atom stereocenters. The quantitative estimate of drug-likeness (QED) is 0.468. The van der Waals surface area contributed by atoms with Gasteiger partial charge >= 0.3 is 0 Å². The van der Waals surface area contributed by atoms with E-state index in [2.05, 4.69) is 14.8 Å². The Morgan fingerprint density at radius 2 is 1.81 bits per heavy atom. The van der Waals surface area contributed by atoms with Gasteiger partial charge in [-0.15, -0.1) is 0 Å². The van der Waals surface area contributed by atoms with Crippen LogP contribution >= 0.6 is 0 Å². The van der Waals surface area contributed by atoms with Crippen molar-refractivity contribution >= 4 is 20.9 Å². The molecule has 2 aromatic carbocycles. The molecule has 0 bridgehead atoms. The van der Waals surface area contributed by atoms with Gasteiger partial charge in [-0.3, -0.25) is 4.68 Å². The fraction of sp³-hybridized carbons (Fsp3) is 0.227. The molecule has 1 aliphatic carbocycles. The highest BCUT2D eigenvalue weighted by atomic mass is 32.2. The van der Waals surface area contributed by atoms with Gasteiger partial charge in [-0.25, -0.2) is 26.3 Å². The maximum absolute atomic E-state index is 14.5. The van der Waals surface area contributed by atoms with E-state index in [9.17, 15) is 21.6 Å². The molecule has 1 aliphatic rings. The molecule has 2 N–H and O–H groups in total. The van der Waals surface area contributed by atoms with Gasteiger partial charge in [0.2, 0.25) is 10.0 Å². The molecule has 10 heteroatoms. The zero-order valence-corrected chi connectivity index (χ0v) is 17.8. The first-order chi connectivity index (χ1) is 15.2. The maximum atomic E-state index is 14.5. The van der Waals surface area contributed by atoms with Crippen LogP contribution in [0.2, 0.25) is 0 Å². The summed E-state index contributed by atoms with van der Waals surface area (Å²) < 4.78 is 71.1. The minimum absolute atomic E-state index is 0.0756. The van der Waals surface area contributed by atoms with Crippen LogP contribution in [0.1, 0.15) is 24.3 Å². The van der Waals surface area contributed by atoms with Crippen LogP contribution in [0.15, 0.2) is 53.7 Å². The standard InChI is InChI=1S/C22H19F3N4O2S/c1-29-11-17(10-26-29)32(30,31)28-16-6-13(7-16)20-18-8-15(24)9-19(25)22(18)27-21(20)12-2-4-14(23)5-3-12/h2-5,8-11,13,16,27-28H,6-7H2,1H3. The molecule has 0 amide bonds. The molecule has 2 aromatic heterocycles. The number of fused-ring (bicyclic) bond motifs is 1. The summed E-state index contributed by atoms with van der Waals surface area (Å²) in [5.74, 6) is -1.96. The fourth-order valence-electron chi connectivity index (χ4n) is 4.28. The zero-order chi connectivity index (χ0) is 22.6. The van der Waals surface area contributed by atoms with Crippen molar-refractivity contribution in [2.24, 2.45) is 7.05 Å². The van der Waals surface area contributed by atoms with Crippen molar-refractivity contribution in [2.45, 2.75) is 29.7 Å². The second-order valence-electron chi connectivity index (χ2n) is 8.07. The Morgan fingerprint density at radius 3 is 2.47 bits per heavy atom. The van der Waals surface area contributed by atoms with Crippen LogP contribution in [0.4, 0.5) is 13.2 Å². The molecule has 1 saturated carbocycles. The molecule has 4 aromatic rings. The van der Waals surface area contributed by atoms with Crippen molar-refractivity contribution in [2.75, 3.05) is 0 Å². The van der Waals surface area contributed by atoms with Crippen molar-refractivity contribution in [3.63, 3.8) is 0 Å². The molecule has 32 heavy (non-hydrogen) atoms. The number of rotatable bonds is 5. The van der Waals surface area contributed by atoms with Crippen LogP contribution in [0.25, 0.3) is 22.2 Å². The normalized spacial score (nSPS) is 18.8. The van der Waals surface area contributed by atoms with Gasteiger partial charge in [0.05, 0.1) is 17.4 Å². The lowest BCUT2D eigenvalue weighted by molar-refractivity contribution is 0.328. The highest BCUT2D eigenvalue weighted by Crippen LogP contribution is 2.46. The van der Waals surface area contributed by atoms with Crippen LogP contribution in [0.3, 0.4) is 0 Å². The predicted molar refractivity (Wildman–Crippen MR) is 113 cm³/mol. The summed E-state index contributed by atoms with van der Waals surface area (Å²) in [6.07, 6.45) is 3.60. The number of hydrogen-bond acceptors (Lipinski definition) is 3. The largest absolute Gasteiger partial charge is 0.352 e. The lowest BCUT2D eigenvalue weighted by Gasteiger charge is -2.36. The van der Waals surface area contributed by atoms with E-state index in [1.165, 1.54) is 35.3 Å². The van der Waals surface area contributed by atoms with Crippen molar-refractivity contribution in [1.82, 2.24) is 19.5 Å². The van der Waals surface area contributed by atoms with Crippen LogP contribution in [0.5, 0.6) is 0 Å². The third-order valence-corrected chi connectivity index (χ3v) is 7.33. The summed E-state index contributed by atoms with van der Waals surface area (Å²) in [7, 11) is -2.09. The van der Waals surface area contributed by atoms with E-state index < -0.39 is 27.5 Å². The van der Waals surface area contributed by atoms with Crippen LogP contribution in [0, 0.1) is 17.5 Å². The summed E-state index contributed by atoms with van der Waals surface area (Å²) in [5.41, 5.74) is 2.07. The second-order valence-corrected chi connectivity index (χ2v) is 9.78. The number of aromatic nitrogens is 3. The van der Waals surface area contributed by atoms with Gasteiger partial charge in [0, 0.05) is 30.7 Å². The minimum Gasteiger partial charge on any atom is -0.352 e. The first-order valence-corrected chi connectivity index (χ1v) is 11.5. The number of benzene rings is 2. The van der Waals surface area contributed by atoms with Gasteiger partial charge in [-0.2, -0.15) is 5.10 Å². The van der Waals surface area contributed by atoms with E-state index in [1.807, 2.05) is 0 Å². The summed E-state index contributed by atoms with van der Waals surface area (Å²) in [6.45, 7) is 0. The Balaban J connectivity index is 1.48. The van der Waals surface area contributed by atoms with Gasteiger partial charge in [0.15, 0.2) is 0 Å². The van der Waals surface area contributed by atoms with E-state index in [-0.39, 0.29) is 22.4 Å². The van der Waals surface area contributed by atoms with Gasteiger partial charge in [0.25, 0.3) is 0 Å². The number of hydrogen-bond donors (Lipinski definition) is 2. The highest BCUT2D eigenvalue weighted by molar-refractivity contribution is 7.89. The van der Waals surface area contributed by atoms with Crippen molar-refractivity contribution in [3.05, 3.63) is 71.8 Å². The summed E-state index contributed by atoms with van der Waals surface area (Å²) in [6, 6.07) is 7.49. The average molecular weight is 460 g/mol. The number of H-pyrrole nitrogens is 1. The molecule has 0 saturated heterocycles. The number of sulfonamides is 1. The Morgan fingerprint density at radius 1 is 1.09 bits per heavy atom. The number of nitrogens with one attached hydrogen (secondary N) is 2. The van der Waals surface area contributed by atoms with E-state index in [4.69, 9.17) is 0 Å². The van der Waals surface area contributed by atoms with E-state index in [1.54, 1.807) is 19.2 Å². The summed E-state index contributed by atoms with van der Waals surface area (Å²) >= 11 is 0. The molecular formula is C22H19F3N4O2S. The maximum Gasteiger partial charge on any atom is 0.243 e. The number of halogens is 3. The molecule has 0 spiro atoms. The summed E-state index contributed by atoms with van der Waals surface area (Å²) in [5, 5.41) is 4.29. The first kappa shape index (κ1) is 20.8. The van der Waals surface area contributed by atoms with Crippen molar-refractivity contribution in [3.8, 4) is 11.3 Å². The van der Waals surface area contributed by atoms with Crippen LogP contribution in [-0.4, -0.2) is 29.2 Å². The van der Waals surface area contributed by atoms with Crippen molar-refractivity contribution < 1.29 is 21.6 Å². The Bertz CT molecular complexity index is 1420. The molecule has 0 aliphatic heterocycles. The topological polar surface area (TPSA) is 79.8 Å². The average Bonchev–Trinajstić information content (AvgIpc) is 3.30. The monoisotopic (exact) mass is 460 g/mol. The molecule has 0 atom stereocenters. The van der Waals surface area contributed by atoms with Crippen LogP contribution < -0.4 is 4.72 Å².